The number of rotatable bonds is 5. The third kappa shape index (κ3) is 4.18. The number of fused-ring (bicyclic) bond motifs is 1. The number of carbonyl (C=O) groups excluding carboxylic acids is 2. The number of nitro groups is 1. The van der Waals surface area contributed by atoms with Gasteiger partial charge in [-0.1, -0.05) is 26.0 Å². The van der Waals surface area contributed by atoms with Crippen molar-refractivity contribution < 1.29 is 28.7 Å². The first-order valence-electron chi connectivity index (χ1n) is 12.0. The van der Waals surface area contributed by atoms with Crippen molar-refractivity contribution >= 4 is 23.1 Å². The lowest BCUT2D eigenvalue weighted by atomic mass is 9.68. The van der Waals surface area contributed by atoms with Crippen LogP contribution in [0.1, 0.15) is 45.1 Å². The molecule has 1 atom stereocenters. The van der Waals surface area contributed by atoms with Crippen molar-refractivity contribution in [3.8, 4) is 11.5 Å². The van der Waals surface area contributed by atoms with Gasteiger partial charge in [0.1, 0.15) is 5.82 Å². The number of anilines is 1. The maximum Gasteiger partial charge on any atom is 0.338 e. The predicted molar refractivity (Wildman–Crippen MR) is 134 cm³/mol. The summed E-state index contributed by atoms with van der Waals surface area (Å²) in [5.41, 5.74) is 8.34. The van der Waals surface area contributed by atoms with E-state index >= 15 is 0 Å². The topological polar surface area (TPSA) is 134 Å². The van der Waals surface area contributed by atoms with Gasteiger partial charge in [-0.25, -0.2) is 4.79 Å². The van der Waals surface area contributed by atoms with Gasteiger partial charge in [-0.15, -0.1) is 0 Å². The zero-order chi connectivity index (χ0) is 26.5. The lowest BCUT2D eigenvalue weighted by Crippen LogP contribution is -2.43. The summed E-state index contributed by atoms with van der Waals surface area (Å²) in [6, 6.07) is 11.2. The highest BCUT2D eigenvalue weighted by Crippen LogP contribution is 2.51. The summed E-state index contributed by atoms with van der Waals surface area (Å²) in [5, 5.41) is 11.5. The second kappa shape index (κ2) is 8.95. The largest absolute Gasteiger partial charge is 0.463 e. The highest BCUT2D eigenvalue weighted by Gasteiger charge is 2.47. The highest BCUT2D eigenvalue weighted by atomic mass is 16.7. The Balaban J connectivity index is 1.78. The molecule has 37 heavy (non-hydrogen) atoms. The lowest BCUT2D eigenvalue weighted by Gasteiger charge is -2.44. The summed E-state index contributed by atoms with van der Waals surface area (Å²) < 4.78 is 16.4. The van der Waals surface area contributed by atoms with Crippen LogP contribution in [0.5, 0.6) is 11.5 Å². The van der Waals surface area contributed by atoms with Crippen LogP contribution in [0.3, 0.4) is 0 Å². The molecular weight excluding hydrogens is 478 g/mol. The van der Waals surface area contributed by atoms with Crippen LogP contribution < -0.4 is 20.1 Å². The Bertz CT molecular complexity index is 1390. The third-order valence-electron chi connectivity index (χ3n) is 6.78. The van der Waals surface area contributed by atoms with Gasteiger partial charge in [0.05, 0.1) is 28.7 Å². The Morgan fingerprint density at radius 2 is 1.95 bits per heavy atom. The minimum Gasteiger partial charge on any atom is -0.463 e. The number of nitrogens with zero attached hydrogens (tertiary/aromatic N) is 2. The summed E-state index contributed by atoms with van der Waals surface area (Å²) in [6.45, 7) is 5.83. The maximum atomic E-state index is 13.8. The summed E-state index contributed by atoms with van der Waals surface area (Å²) in [4.78, 5) is 39.8. The SMILES string of the molecule is CCOC(=O)C1=C(N)N(c2cccc([N+](=O)[O-])c2)C2=C(C(=O)CC(C)(C)C2)[C@H]1c1ccc2c(c1)OCO2. The van der Waals surface area contributed by atoms with E-state index in [0.717, 1.165) is 0 Å². The summed E-state index contributed by atoms with van der Waals surface area (Å²) in [7, 11) is 0. The molecule has 2 N–H and O–H groups in total. The van der Waals surface area contributed by atoms with Crippen molar-refractivity contribution in [2.75, 3.05) is 18.3 Å². The van der Waals surface area contributed by atoms with E-state index in [1.807, 2.05) is 13.8 Å². The molecule has 0 fully saturated rings. The molecule has 0 saturated carbocycles. The molecule has 2 aromatic carbocycles. The van der Waals surface area contributed by atoms with Gasteiger partial charge in [0.15, 0.2) is 17.3 Å². The number of carbonyl (C=O) groups is 2. The van der Waals surface area contributed by atoms with Crippen molar-refractivity contribution in [1.29, 1.82) is 0 Å². The summed E-state index contributed by atoms with van der Waals surface area (Å²) >= 11 is 0. The van der Waals surface area contributed by atoms with E-state index < -0.39 is 22.2 Å². The second-order valence-corrected chi connectivity index (χ2v) is 9.98. The number of ketones is 1. The van der Waals surface area contributed by atoms with E-state index in [9.17, 15) is 19.7 Å². The first-order chi connectivity index (χ1) is 17.6. The number of Topliss-reactive ketones (excluding diaryl/α,β-unsaturated/α-hetero) is 1. The minimum absolute atomic E-state index is 0.0610. The molecule has 2 aliphatic heterocycles. The Hall–Kier alpha value is -4.34. The molecule has 0 unspecified atom stereocenters. The fraction of sp³-hybridized carbons (Fsp3) is 0.333. The van der Waals surface area contributed by atoms with E-state index in [0.29, 0.717) is 40.4 Å². The van der Waals surface area contributed by atoms with Crippen molar-refractivity contribution in [3.05, 3.63) is 80.8 Å². The lowest BCUT2D eigenvalue weighted by molar-refractivity contribution is -0.384. The van der Waals surface area contributed by atoms with Crippen LogP contribution in [0, 0.1) is 15.5 Å². The van der Waals surface area contributed by atoms with Gasteiger partial charge in [0.25, 0.3) is 5.69 Å². The van der Waals surface area contributed by atoms with Gasteiger partial charge in [-0.3, -0.25) is 19.8 Å². The van der Waals surface area contributed by atoms with Crippen molar-refractivity contribution in [2.45, 2.75) is 39.5 Å². The fourth-order valence-electron chi connectivity index (χ4n) is 5.28. The van der Waals surface area contributed by atoms with Gasteiger partial charge in [0.2, 0.25) is 6.79 Å². The van der Waals surface area contributed by atoms with Crippen LogP contribution >= 0.6 is 0 Å². The number of allylic oxidation sites excluding steroid dienone is 2. The Labute approximate surface area is 213 Å². The fourth-order valence-corrected chi connectivity index (χ4v) is 5.28. The molecule has 192 valence electrons. The number of hydrogen-bond acceptors (Lipinski definition) is 9. The van der Waals surface area contributed by atoms with Crippen LogP contribution in [0.2, 0.25) is 0 Å². The smallest absolute Gasteiger partial charge is 0.338 e. The average molecular weight is 506 g/mol. The number of ether oxygens (including phenoxy) is 3. The van der Waals surface area contributed by atoms with Crippen LogP contribution in [-0.4, -0.2) is 30.1 Å². The Morgan fingerprint density at radius 3 is 2.68 bits per heavy atom. The monoisotopic (exact) mass is 505 g/mol. The van der Waals surface area contributed by atoms with Crippen molar-refractivity contribution in [3.63, 3.8) is 0 Å². The van der Waals surface area contributed by atoms with Crippen LogP contribution in [0.4, 0.5) is 11.4 Å². The van der Waals surface area contributed by atoms with Gasteiger partial charge in [-0.2, -0.15) is 0 Å². The van der Waals surface area contributed by atoms with Gasteiger partial charge < -0.3 is 19.9 Å². The average Bonchev–Trinajstić information content (AvgIpc) is 3.30. The Morgan fingerprint density at radius 1 is 1.19 bits per heavy atom. The highest BCUT2D eigenvalue weighted by molar-refractivity contribution is 6.05. The van der Waals surface area contributed by atoms with Crippen LogP contribution in [0.15, 0.2) is 65.1 Å². The molecule has 0 spiro atoms. The molecular formula is C27H27N3O7. The first kappa shape index (κ1) is 24.4. The van der Waals surface area contributed by atoms with Crippen LogP contribution in [0.25, 0.3) is 0 Å². The second-order valence-electron chi connectivity index (χ2n) is 9.98. The number of esters is 1. The van der Waals surface area contributed by atoms with Crippen molar-refractivity contribution in [1.82, 2.24) is 0 Å². The molecule has 2 heterocycles. The summed E-state index contributed by atoms with van der Waals surface area (Å²) in [6.07, 6.45) is 0.736. The van der Waals surface area contributed by atoms with E-state index in [1.165, 1.54) is 12.1 Å². The van der Waals surface area contributed by atoms with Crippen molar-refractivity contribution in [2.24, 2.45) is 11.1 Å². The van der Waals surface area contributed by atoms with Gasteiger partial charge in [-0.05, 0) is 42.5 Å². The van der Waals surface area contributed by atoms with E-state index in [1.54, 1.807) is 42.2 Å². The molecule has 2 aromatic rings. The molecule has 0 saturated heterocycles. The number of nitrogens with two attached hydrogens (primary N) is 1. The minimum atomic E-state index is -0.804. The standard InChI is InChI=1S/C27H27N3O7/c1-4-35-26(32)24-22(15-8-9-20-21(10-15)37-14-36-20)23-18(12-27(2,3)13-19(23)31)29(25(24)28)16-6-5-7-17(11-16)30(33)34/h5-11,22H,4,12-14,28H2,1-3H3/t22-/m1/s1. The van der Waals surface area contributed by atoms with E-state index in [2.05, 4.69) is 0 Å². The van der Waals surface area contributed by atoms with E-state index in [-0.39, 0.29) is 42.7 Å². The molecule has 0 amide bonds. The zero-order valence-electron chi connectivity index (χ0n) is 20.8. The normalized spacial score (nSPS) is 20.1. The molecule has 1 aliphatic carbocycles. The Kier molecular flexibility index (Phi) is 5.89. The molecule has 0 bridgehead atoms. The molecule has 10 nitrogen and oxygen atoms in total. The van der Waals surface area contributed by atoms with Gasteiger partial charge >= 0.3 is 5.97 Å². The third-order valence-corrected chi connectivity index (χ3v) is 6.78. The molecule has 5 rings (SSSR count). The number of non-ortho nitro benzene ring substituents is 1. The zero-order valence-corrected chi connectivity index (χ0v) is 20.8. The molecule has 10 heteroatoms. The van der Waals surface area contributed by atoms with Gasteiger partial charge in [0, 0.05) is 29.8 Å². The van der Waals surface area contributed by atoms with Crippen LogP contribution in [-0.2, 0) is 14.3 Å². The predicted octanol–water partition coefficient (Wildman–Crippen LogP) is 4.30. The number of benzene rings is 2. The maximum absolute atomic E-state index is 13.8. The molecule has 3 aliphatic rings. The number of hydrogen-bond donors (Lipinski definition) is 1. The quantitative estimate of drug-likeness (QED) is 0.358. The van der Waals surface area contributed by atoms with E-state index in [4.69, 9.17) is 19.9 Å². The molecule has 0 radical (unpaired) electrons. The summed E-state index contributed by atoms with van der Waals surface area (Å²) in [5.74, 6) is -0.460. The number of nitro benzene ring substituents is 1. The first-order valence-corrected chi connectivity index (χ1v) is 12.0. The molecule has 0 aromatic heterocycles.